The lowest BCUT2D eigenvalue weighted by Gasteiger charge is -2.27. The van der Waals surface area contributed by atoms with E-state index in [9.17, 15) is 5.11 Å². The highest BCUT2D eigenvalue weighted by Crippen LogP contribution is 2.22. The Morgan fingerprint density at radius 3 is 2.79 bits per heavy atom. The normalized spacial score (nSPS) is 15.8. The number of thiazole rings is 1. The first kappa shape index (κ1) is 11.6. The zero-order valence-electron chi connectivity index (χ0n) is 8.95. The maximum absolute atomic E-state index is 9.37. The van der Waals surface area contributed by atoms with Gasteiger partial charge < -0.3 is 10.4 Å². The molecule has 1 atom stereocenters. The molecule has 1 rings (SSSR count). The molecule has 0 radical (unpaired) electrons. The van der Waals surface area contributed by atoms with Gasteiger partial charge in [0.2, 0.25) is 0 Å². The van der Waals surface area contributed by atoms with Crippen molar-refractivity contribution in [3.8, 4) is 0 Å². The van der Waals surface area contributed by atoms with Crippen LogP contribution in [0.25, 0.3) is 0 Å². The molecule has 0 saturated carbocycles. The van der Waals surface area contributed by atoms with Gasteiger partial charge >= 0.3 is 0 Å². The minimum absolute atomic E-state index is 0.0766. The first-order chi connectivity index (χ1) is 6.58. The van der Waals surface area contributed by atoms with Gasteiger partial charge in [-0.15, -0.1) is 11.3 Å². The van der Waals surface area contributed by atoms with Crippen LogP contribution in [0.5, 0.6) is 0 Å². The SMILES string of the molecule is CC(C)CNC(C)(CO)c1nccs1. The molecule has 0 saturated heterocycles. The fourth-order valence-electron chi connectivity index (χ4n) is 1.12. The number of aromatic nitrogens is 1. The summed E-state index contributed by atoms with van der Waals surface area (Å²) in [5, 5.41) is 15.6. The quantitative estimate of drug-likeness (QED) is 0.782. The Kier molecular flexibility index (Phi) is 4.04. The zero-order chi connectivity index (χ0) is 10.6. The van der Waals surface area contributed by atoms with E-state index in [0.29, 0.717) is 5.92 Å². The molecule has 80 valence electrons. The second kappa shape index (κ2) is 4.87. The van der Waals surface area contributed by atoms with Crippen molar-refractivity contribution in [1.29, 1.82) is 0 Å². The molecule has 0 fully saturated rings. The van der Waals surface area contributed by atoms with E-state index in [4.69, 9.17) is 0 Å². The Labute approximate surface area is 89.2 Å². The summed E-state index contributed by atoms with van der Waals surface area (Å²) in [5.41, 5.74) is -0.390. The van der Waals surface area contributed by atoms with E-state index in [1.807, 2.05) is 12.3 Å². The molecule has 0 aromatic carbocycles. The number of aliphatic hydroxyl groups is 1. The summed E-state index contributed by atoms with van der Waals surface area (Å²) in [6.07, 6.45) is 1.77. The number of rotatable bonds is 5. The zero-order valence-corrected chi connectivity index (χ0v) is 9.77. The summed E-state index contributed by atoms with van der Waals surface area (Å²) in [5.74, 6) is 0.570. The van der Waals surface area contributed by atoms with Gasteiger partial charge in [-0.2, -0.15) is 0 Å². The number of hydrogen-bond donors (Lipinski definition) is 2. The van der Waals surface area contributed by atoms with Crippen molar-refractivity contribution in [2.75, 3.05) is 13.2 Å². The minimum atomic E-state index is -0.390. The van der Waals surface area contributed by atoms with Crippen LogP contribution in [0.3, 0.4) is 0 Å². The van der Waals surface area contributed by atoms with Crippen molar-refractivity contribution in [3.63, 3.8) is 0 Å². The van der Waals surface area contributed by atoms with Crippen LogP contribution in [0.2, 0.25) is 0 Å². The minimum Gasteiger partial charge on any atom is -0.394 e. The average molecular weight is 214 g/mol. The maximum Gasteiger partial charge on any atom is 0.115 e. The molecule has 0 amide bonds. The molecule has 4 heteroatoms. The van der Waals surface area contributed by atoms with Gasteiger partial charge in [-0.25, -0.2) is 4.98 Å². The smallest absolute Gasteiger partial charge is 0.115 e. The highest BCUT2D eigenvalue weighted by atomic mass is 32.1. The number of nitrogens with zero attached hydrogens (tertiary/aromatic N) is 1. The van der Waals surface area contributed by atoms with Crippen LogP contribution in [0.1, 0.15) is 25.8 Å². The predicted molar refractivity (Wildman–Crippen MR) is 59.4 cm³/mol. The van der Waals surface area contributed by atoms with Crippen LogP contribution in [0.15, 0.2) is 11.6 Å². The van der Waals surface area contributed by atoms with Gasteiger partial charge in [0.15, 0.2) is 0 Å². The lowest BCUT2D eigenvalue weighted by atomic mass is 10.0. The summed E-state index contributed by atoms with van der Waals surface area (Å²) in [6, 6.07) is 0. The van der Waals surface area contributed by atoms with Crippen LogP contribution in [0, 0.1) is 5.92 Å². The monoisotopic (exact) mass is 214 g/mol. The predicted octanol–water partition coefficient (Wildman–Crippen LogP) is 1.60. The molecule has 1 unspecified atom stereocenters. The van der Waals surface area contributed by atoms with Crippen molar-refractivity contribution in [1.82, 2.24) is 10.3 Å². The summed E-state index contributed by atoms with van der Waals surface area (Å²) in [6.45, 7) is 7.23. The van der Waals surface area contributed by atoms with Crippen LogP contribution >= 0.6 is 11.3 Å². The molecule has 0 bridgehead atoms. The highest BCUT2D eigenvalue weighted by molar-refractivity contribution is 7.09. The van der Waals surface area contributed by atoms with Gasteiger partial charge in [0.05, 0.1) is 12.1 Å². The van der Waals surface area contributed by atoms with Crippen molar-refractivity contribution in [3.05, 3.63) is 16.6 Å². The third-order valence-electron chi connectivity index (χ3n) is 2.12. The molecule has 1 aromatic rings. The van der Waals surface area contributed by atoms with Gasteiger partial charge in [-0.3, -0.25) is 0 Å². The molecule has 1 heterocycles. The molecule has 1 aromatic heterocycles. The fourth-order valence-corrected chi connectivity index (χ4v) is 1.89. The maximum atomic E-state index is 9.37. The van der Waals surface area contributed by atoms with E-state index in [0.717, 1.165) is 11.6 Å². The Bertz CT molecular complexity index is 261. The first-order valence-corrected chi connectivity index (χ1v) is 5.72. The molecule has 3 nitrogen and oxygen atoms in total. The van der Waals surface area contributed by atoms with Gasteiger partial charge in [-0.05, 0) is 19.4 Å². The van der Waals surface area contributed by atoms with E-state index in [2.05, 4.69) is 24.1 Å². The van der Waals surface area contributed by atoms with Crippen molar-refractivity contribution >= 4 is 11.3 Å². The number of aliphatic hydroxyl groups excluding tert-OH is 1. The van der Waals surface area contributed by atoms with Gasteiger partial charge in [0, 0.05) is 11.6 Å². The largest absolute Gasteiger partial charge is 0.394 e. The van der Waals surface area contributed by atoms with Crippen molar-refractivity contribution in [2.24, 2.45) is 5.92 Å². The molecular formula is C10H18N2OS. The summed E-state index contributed by atoms with van der Waals surface area (Å²) in [4.78, 5) is 4.23. The Morgan fingerprint density at radius 2 is 2.36 bits per heavy atom. The van der Waals surface area contributed by atoms with Crippen molar-refractivity contribution in [2.45, 2.75) is 26.3 Å². The van der Waals surface area contributed by atoms with Gasteiger partial charge in [-0.1, -0.05) is 13.8 Å². The molecule has 0 aliphatic heterocycles. The standard InChI is InChI=1S/C10H18N2OS/c1-8(2)6-12-10(3,7-13)9-11-4-5-14-9/h4-5,8,12-13H,6-7H2,1-3H3. The van der Waals surface area contributed by atoms with Gasteiger partial charge in [0.25, 0.3) is 0 Å². The van der Waals surface area contributed by atoms with Crippen LogP contribution < -0.4 is 5.32 Å². The third-order valence-corrected chi connectivity index (χ3v) is 3.16. The summed E-state index contributed by atoms with van der Waals surface area (Å²) < 4.78 is 0. The summed E-state index contributed by atoms with van der Waals surface area (Å²) >= 11 is 1.57. The lowest BCUT2D eigenvalue weighted by Crippen LogP contribution is -2.44. The molecule has 0 spiro atoms. The Morgan fingerprint density at radius 1 is 1.64 bits per heavy atom. The van der Waals surface area contributed by atoms with E-state index in [-0.39, 0.29) is 6.61 Å². The Balaban J connectivity index is 2.67. The van der Waals surface area contributed by atoms with E-state index in [1.54, 1.807) is 17.5 Å². The number of hydrogen-bond acceptors (Lipinski definition) is 4. The van der Waals surface area contributed by atoms with Crippen molar-refractivity contribution < 1.29 is 5.11 Å². The number of nitrogens with one attached hydrogen (secondary N) is 1. The highest BCUT2D eigenvalue weighted by Gasteiger charge is 2.27. The Hall–Kier alpha value is -0.450. The second-order valence-corrected chi connectivity index (χ2v) is 5.00. The van der Waals surface area contributed by atoms with E-state index >= 15 is 0 Å². The molecular weight excluding hydrogens is 196 g/mol. The van der Waals surface area contributed by atoms with Crippen LogP contribution in [0.4, 0.5) is 0 Å². The van der Waals surface area contributed by atoms with Crippen LogP contribution in [-0.2, 0) is 5.54 Å². The second-order valence-electron chi connectivity index (χ2n) is 4.10. The lowest BCUT2D eigenvalue weighted by molar-refractivity contribution is 0.171. The summed E-state index contributed by atoms with van der Waals surface area (Å²) in [7, 11) is 0. The third kappa shape index (κ3) is 2.77. The fraction of sp³-hybridized carbons (Fsp3) is 0.700. The average Bonchev–Trinajstić information content (AvgIpc) is 2.67. The van der Waals surface area contributed by atoms with E-state index < -0.39 is 5.54 Å². The molecule has 2 N–H and O–H groups in total. The van der Waals surface area contributed by atoms with E-state index in [1.165, 1.54) is 0 Å². The first-order valence-electron chi connectivity index (χ1n) is 4.84. The van der Waals surface area contributed by atoms with Crippen LogP contribution in [-0.4, -0.2) is 23.2 Å². The molecule has 0 aliphatic rings. The van der Waals surface area contributed by atoms with Gasteiger partial charge in [0.1, 0.15) is 5.01 Å². The molecule has 0 aliphatic carbocycles. The topological polar surface area (TPSA) is 45.1 Å². The molecule has 14 heavy (non-hydrogen) atoms.